The van der Waals surface area contributed by atoms with Crippen LogP contribution >= 0.6 is 11.6 Å². The molecule has 0 saturated heterocycles. The molecule has 0 aromatic heterocycles. The first-order chi connectivity index (χ1) is 14.8. The first kappa shape index (κ1) is 22.5. The smallest absolute Gasteiger partial charge is 0.243 e. The van der Waals surface area contributed by atoms with Crippen LogP contribution in [0.1, 0.15) is 16.7 Å². The maximum absolute atomic E-state index is 13.3. The highest BCUT2D eigenvalue weighted by Crippen LogP contribution is 2.22. The minimum Gasteiger partial charge on any atom is -0.325 e. The number of hydrogen-bond acceptors (Lipinski definition) is 4. The molecule has 3 rings (SSSR count). The van der Waals surface area contributed by atoms with Crippen LogP contribution in [0.2, 0.25) is 5.02 Å². The number of nitrogens with zero attached hydrogens (tertiary/aromatic N) is 2. The van der Waals surface area contributed by atoms with Gasteiger partial charge in [0.1, 0.15) is 0 Å². The Bertz CT molecular complexity index is 1240. The highest BCUT2D eigenvalue weighted by molar-refractivity contribution is 7.89. The van der Waals surface area contributed by atoms with E-state index < -0.39 is 22.5 Å². The Kier molecular flexibility index (Phi) is 7.08. The summed E-state index contributed by atoms with van der Waals surface area (Å²) in [6, 6.07) is 21.6. The second kappa shape index (κ2) is 9.75. The van der Waals surface area contributed by atoms with Crippen molar-refractivity contribution in [2.45, 2.75) is 18.4 Å². The average Bonchev–Trinajstić information content (AvgIpc) is 2.75. The summed E-state index contributed by atoms with van der Waals surface area (Å²) in [6.07, 6.45) is 0. The summed E-state index contributed by atoms with van der Waals surface area (Å²) < 4.78 is 27.7. The number of anilines is 1. The molecule has 0 aliphatic rings. The topological polar surface area (TPSA) is 90.3 Å². The van der Waals surface area contributed by atoms with Gasteiger partial charge in [0.05, 0.1) is 23.1 Å². The minimum atomic E-state index is -3.97. The summed E-state index contributed by atoms with van der Waals surface area (Å²) in [6.45, 7) is 1.52. The van der Waals surface area contributed by atoms with Crippen LogP contribution in [0.25, 0.3) is 0 Å². The van der Waals surface area contributed by atoms with Gasteiger partial charge >= 0.3 is 0 Å². The number of aryl methyl sites for hydroxylation is 1. The van der Waals surface area contributed by atoms with E-state index in [9.17, 15) is 13.2 Å². The van der Waals surface area contributed by atoms with Crippen LogP contribution in [-0.2, 0) is 21.4 Å². The van der Waals surface area contributed by atoms with Gasteiger partial charge in [0, 0.05) is 17.3 Å². The zero-order valence-corrected chi connectivity index (χ0v) is 18.3. The minimum absolute atomic E-state index is 0.0310. The van der Waals surface area contributed by atoms with Gasteiger partial charge in [0.25, 0.3) is 0 Å². The molecule has 0 heterocycles. The van der Waals surface area contributed by atoms with Crippen LogP contribution in [0.5, 0.6) is 0 Å². The molecule has 0 aliphatic carbocycles. The number of halogens is 1. The Balaban J connectivity index is 1.89. The fourth-order valence-corrected chi connectivity index (χ4v) is 4.49. The monoisotopic (exact) mass is 453 g/mol. The Morgan fingerprint density at radius 3 is 2.45 bits per heavy atom. The molecule has 8 heteroatoms. The predicted molar refractivity (Wildman–Crippen MR) is 120 cm³/mol. The normalized spacial score (nSPS) is 11.2. The van der Waals surface area contributed by atoms with Crippen molar-refractivity contribution in [3.63, 3.8) is 0 Å². The van der Waals surface area contributed by atoms with Crippen LogP contribution in [0.4, 0.5) is 5.69 Å². The number of nitrogens with one attached hydrogen (secondary N) is 1. The fraction of sp³-hybridized carbons (Fsp3) is 0.130. The van der Waals surface area contributed by atoms with Crippen molar-refractivity contribution in [2.24, 2.45) is 0 Å². The van der Waals surface area contributed by atoms with Crippen molar-refractivity contribution in [3.8, 4) is 6.07 Å². The highest BCUT2D eigenvalue weighted by Gasteiger charge is 2.27. The van der Waals surface area contributed by atoms with Crippen molar-refractivity contribution < 1.29 is 13.2 Å². The lowest BCUT2D eigenvalue weighted by Gasteiger charge is -2.23. The number of hydrogen-bond donors (Lipinski definition) is 1. The third-order valence-corrected chi connectivity index (χ3v) is 6.71. The number of amides is 1. The number of rotatable bonds is 7. The first-order valence-electron chi connectivity index (χ1n) is 9.40. The van der Waals surface area contributed by atoms with Gasteiger partial charge in [-0.05, 0) is 60.5 Å². The van der Waals surface area contributed by atoms with Gasteiger partial charge in [-0.1, -0.05) is 41.9 Å². The molecule has 3 aromatic rings. The first-order valence-corrected chi connectivity index (χ1v) is 11.2. The van der Waals surface area contributed by atoms with Gasteiger partial charge in [-0.15, -0.1) is 0 Å². The molecular formula is C23H20ClN3O3S. The number of benzene rings is 3. The van der Waals surface area contributed by atoms with Gasteiger partial charge in [0.15, 0.2) is 0 Å². The third-order valence-electron chi connectivity index (χ3n) is 4.65. The Morgan fingerprint density at radius 2 is 1.77 bits per heavy atom. The summed E-state index contributed by atoms with van der Waals surface area (Å²) >= 11 is 5.90. The number of carbonyl (C=O) groups excluding carboxylic acids is 1. The molecular weight excluding hydrogens is 434 g/mol. The molecule has 6 nitrogen and oxygen atoms in total. The highest BCUT2D eigenvalue weighted by atomic mass is 35.5. The van der Waals surface area contributed by atoms with Crippen LogP contribution in [0.15, 0.2) is 77.7 Å². The van der Waals surface area contributed by atoms with Gasteiger partial charge in [0.2, 0.25) is 15.9 Å². The molecule has 0 bridgehead atoms. The summed E-state index contributed by atoms with van der Waals surface area (Å²) in [4.78, 5) is 12.8. The van der Waals surface area contributed by atoms with Crippen molar-refractivity contribution in [3.05, 3.63) is 94.5 Å². The lowest BCUT2D eigenvalue weighted by molar-refractivity contribution is -0.116. The van der Waals surface area contributed by atoms with E-state index >= 15 is 0 Å². The van der Waals surface area contributed by atoms with E-state index in [1.54, 1.807) is 18.2 Å². The molecule has 0 aliphatic heterocycles. The van der Waals surface area contributed by atoms with E-state index in [0.29, 0.717) is 16.3 Å². The molecule has 3 aromatic carbocycles. The van der Waals surface area contributed by atoms with E-state index in [-0.39, 0.29) is 11.4 Å². The molecule has 1 amide bonds. The largest absolute Gasteiger partial charge is 0.325 e. The SMILES string of the molecule is Cc1ccccc1CN(CC(=O)Nc1cccc(C#N)c1)S(=O)(=O)c1ccc(Cl)cc1. The maximum atomic E-state index is 13.3. The van der Waals surface area contributed by atoms with E-state index in [2.05, 4.69) is 5.32 Å². The van der Waals surface area contributed by atoms with Gasteiger partial charge in [-0.2, -0.15) is 9.57 Å². The molecule has 0 saturated carbocycles. The van der Waals surface area contributed by atoms with Gasteiger partial charge in [-0.3, -0.25) is 4.79 Å². The Hall–Kier alpha value is -3.18. The second-order valence-electron chi connectivity index (χ2n) is 6.89. The van der Waals surface area contributed by atoms with E-state index in [1.165, 1.54) is 30.3 Å². The van der Waals surface area contributed by atoms with Gasteiger partial charge in [-0.25, -0.2) is 8.42 Å². The van der Waals surface area contributed by atoms with Crippen LogP contribution < -0.4 is 5.32 Å². The molecule has 31 heavy (non-hydrogen) atoms. The number of sulfonamides is 1. The maximum Gasteiger partial charge on any atom is 0.243 e. The van der Waals surface area contributed by atoms with Crippen LogP contribution in [-0.4, -0.2) is 25.2 Å². The lowest BCUT2D eigenvalue weighted by Crippen LogP contribution is -2.37. The lowest BCUT2D eigenvalue weighted by atomic mass is 10.1. The van der Waals surface area contributed by atoms with Crippen LogP contribution in [0.3, 0.4) is 0 Å². The Labute approximate surface area is 186 Å². The van der Waals surface area contributed by atoms with E-state index in [0.717, 1.165) is 15.4 Å². The zero-order valence-electron chi connectivity index (χ0n) is 16.7. The van der Waals surface area contributed by atoms with Crippen molar-refractivity contribution in [1.29, 1.82) is 5.26 Å². The predicted octanol–water partition coefficient (Wildman–Crippen LogP) is 4.35. The molecule has 0 radical (unpaired) electrons. The third kappa shape index (κ3) is 5.70. The molecule has 0 spiro atoms. The second-order valence-corrected chi connectivity index (χ2v) is 9.27. The molecule has 0 fully saturated rings. The zero-order chi connectivity index (χ0) is 22.4. The van der Waals surface area contributed by atoms with Crippen molar-refractivity contribution in [2.75, 3.05) is 11.9 Å². The summed E-state index contributed by atoms with van der Waals surface area (Å²) in [5.74, 6) is -0.513. The summed E-state index contributed by atoms with van der Waals surface area (Å²) in [5.41, 5.74) is 2.52. The van der Waals surface area contributed by atoms with E-state index in [1.807, 2.05) is 37.3 Å². The van der Waals surface area contributed by atoms with Crippen LogP contribution in [0, 0.1) is 18.3 Å². The fourth-order valence-electron chi connectivity index (χ4n) is 2.99. The summed E-state index contributed by atoms with van der Waals surface area (Å²) in [5, 5.41) is 12.1. The van der Waals surface area contributed by atoms with Crippen molar-refractivity contribution in [1.82, 2.24) is 4.31 Å². The van der Waals surface area contributed by atoms with Crippen molar-refractivity contribution >= 4 is 33.2 Å². The molecule has 1 N–H and O–H groups in total. The number of nitriles is 1. The Morgan fingerprint density at radius 1 is 1.06 bits per heavy atom. The summed E-state index contributed by atoms with van der Waals surface area (Å²) in [7, 11) is -3.97. The average molecular weight is 454 g/mol. The van der Waals surface area contributed by atoms with E-state index in [4.69, 9.17) is 16.9 Å². The number of carbonyl (C=O) groups is 1. The standard InChI is InChI=1S/C23H20ClN3O3S/c1-17-5-2-3-7-19(17)15-27(31(29,30)22-11-9-20(24)10-12-22)16-23(28)26-21-8-4-6-18(13-21)14-25/h2-13H,15-16H2,1H3,(H,26,28). The molecule has 0 atom stereocenters. The molecule has 0 unspecified atom stereocenters. The quantitative estimate of drug-likeness (QED) is 0.575. The molecule has 158 valence electrons. The van der Waals surface area contributed by atoms with Gasteiger partial charge < -0.3 is 5.32 Å².